The van der Waals surface area contributed by atoms with Gasteiger partial charge in [-0.1, -0.05) is 12.1 Å². The highest BCUT2D eigenvalue weighted by atomic mass is 32.2. The molecule has 1 aromatic rings. The fraction of sp³-hybridized carbons (Fsp3) is 0.611. The third-order valence-corrected chi connectivity index (χ3v) is 6.71. The van der Waals surface area contributed by atoms with Crippen LogP contribution in [0, 0.1) is 13.8 Å². The van der Waals surface area contributed by atoms with Gasteiger partial charge in [-0.3, -0.25) is 4.79 Å². The molecule has 0 radical (unpaired) electrons. The first kappa shape index (κ1) is 18.2. The van der Waals surface area contributed by atoms with Crippen LogP contribution in [0.3, 0.4) is 0 Å². The van der Waals surface area contributed by atoms with Gasteiger partial charge in [-0.05, 0) is 43.9 Å². The summed E-state index contributed by atoms with van der Waals surface area (Å²) < 4.78 is 25.1. The molecule has 0 saturated carbocycles. The molecule has 0 aliphatic carbocycles. The van der Waals surface area contributed by atoms with Gasteiger partial charge < -0.3 is 9.80 Å². The molecule has 1 aromatic carbocycles. The van der Waals surface area contributed by atoms with Gasteiger partial charge in [0.2, 0.25) is 15.9 Å². The first-order chi connectivity index (χ1) is 11.8. The molecule has 1 amide bonds. The minimum atomic E-state index is -3.32. The molecule has 6 nitrogen and oxygen atoms in total. The second-order valence-electron chi connectivity index (χ2n) is 7.06. The Bertz CT molecular complexity index is 755. The number of rotatable bonds is 3. The molecule has 1 unspecified atom stereocenters. The molecule has 7 heteroatoms. The summed E-state index contributed by atoms with van der Waals surface area (Å²) in [6, 6.07) is 5.79. The Morgan fingerprint density at radius 1 is 1.08 bits per heavy atom. The van der Waals surface area contributed by atoms with Crippen molar-refractivity contribution >= 4 is 21.6 Å². The molecule has 0 spiro atoms. The number of hydrogen-bond acceptors (Lipinski definition) is 4. The van der Waals surface area contributed by atoms with Gasteiger partial charge in [-0.15, -0.1) is 0 Å². The summed E-state index contributed by atoms with van der Waals surface area (Å²) in [5, 5.41) is 0. The van der Waals surface area contributed by atoms with Crippen LogP contribution in [0.4, 0.5) is 5.69 Å². The normalized spacial score (nSPS) is 22.4. The van der Waals surface area contributed by atoms with Crippen LogP contribution in [0.2, 0.25) is 0 Å². The first-order valence-corrected chi connectivity index (χ1v) is 10.7. The number of carbonyl (C=O) groups is 1. The molecule has 2 aliphatic heterocycles. The predicted molar refractivity (Wildman–Crippen MR) is 99.3 cm³/mol. The van der Waals surface area contributed by atoms with E-state index in [4.69, 9.17) is 0 Å². The molecular weight excluding hydrogens is 338 g/mol. The molecule has 2 heterocycles. The molecule has 2 fully saturated rings. The molecular formula is C18H27N3O3S. The van der Waals surface area contributed by atoms with Gasteiger partial charge in [-0.25, -0.2) is 8.42 Å². The summed E-state index contributed by atoms with van der Waals surface area (Å²) in [6.07, 6.45) is 2.58. The van der Waals surface area contributed by atoms with Crippen molar-refractivity contribution in [3.8, 4) is 0 Å². The van der Waals surface area contributed by atoms with Gasteiger partial charge >= 0.3 is 0 Å². The van der Waals surface area contributed by atoms with Crippen molar-refractivity contribution in [1.29, 1.82) is 0 Å². The minimum absolute atomic E-state index is 0.0384. The van der Waals surface area contributed by atoms with E-state index in [0.29, 0.717) is 26.1 Å². The van der Waals surface area contributed by atoms with Crippen LogP contribution in [0.15, 0.2) is 18.2 Å². The standard InChI is InChI=1S/C18H27N3O3S/c1-14-6-4-7-16(15(14)2)19-10-12-20(13-11-19)18(22)17-8-5-9-21(17)25(3,23)24/h4,6-7,17H,5,8-13H2,1-3H3. The SMILES string of the molecule is Cc1cccc(N2CCN(C(=O)C3CCCN3S(C)(=O)=O)CC2)c1C. The van der Waals surface area contributed by atoms with Gasteiger partial charge in [0.05, 0.1) is 6.26 Å². The number of amides is 1. The second-order valence-corrected chi connectivity index (χ2v) is 9.00. The van der Waals surface area contributed by atoms with Crippen LogP contribution in [0.1, 0.15) is 24.0 Å². The van der Waals surface area contributed by atoms with Gasteiger partial charge in [0.15, 0.2) is 0 Å². The largest absolute Gasteiger partial charge is 0.368 e. The predicted octanol–water partition coefficient (Wildman–Crippen LogP) is 1.38. The van der Waals surface area contributed by atoms with Crippen LogP contribution >= 0.6 is 0 Å². The molecule has 0 aromatic heterocycles. The van der Waals surface area contributed by atoms with E-state index in [1.165, 1.54) is 27.4 Å². The van der Waals surface area contributed by atoms with Crippen molar-refractivity contribution in [3.05, 3.63) is 29.3 Å². The maximum absolute atomic E-state index is 12.8. The van der Waals surface area contributed by atoms with E-state index in [9.17, 15) is 13.2 Å². The van der Waals surface area contributed by atoms with Crippen LogP contribution in [0.5, 0.6) is 0 Å². The first-order valence-electron chi connectivity index (χ1n) is 8.86. The van der Waals surface area contributed by atoms with Crippen LogP contribution in [-0.4, -0.2) is 68.6 Å². The number of sulfonamides is 1. The average Bonchev–Trinajstić information content (AvgIpc) is 3.07. The van der Waals surface area contributed by atoms with E-state index in [1.54, 1.807) is 0 Å². The third kappa shape index (κ3) is 3.67. The van der Waals surface area contributed by atoms with E-state index < -0.39 is 16.1 Å². The number of piperazine rings is 1. The minimum Gasteiger partial charge on any atom is -0.368 e. The Hall–Kier alpha value is -1.60. The molecule has 138 valence electrons. The van der Waals surface area contributed by atoms with Crippen molar-refractivity contribution in [2.24, 2.45) is 0 Å². The second kappa shape index (κ2) is 6.96. The maximum atomic E-state index is 12.8. The molecule has 2 saturated heterocycles. The number of aryl methyl sites for hydroxylation is 1. The maximum Gasteiger partial charge on any atom is 0.241 e. The summed E-state index contributed by atoms with van der Waals surface area (Å²) in [4.78, 5) is 17.0. The van der Waals surface area contributed by atoms with E-state index in [1.807, 2.05) is 4.90 Å². The molecule has 0 bridgehead atoms. The Labute approximate surface area is 150 Å². The topological polar surface area (TPSA) is 60.9 Å². The zero-order valence-electron chi connectivity index (χ0n) is 15.2. The van der Waals surface area contributed by atoms with Crippen molar-refractivity contribution in [1.82, 2.24) is 9.21 Å². The number of hydrogen-bond donors (Lipinski definition) is 0. The van der Waals surface area contributed by atoms with Crippen molar-refractivity contribution in [2.45, 2.75) is 32.7 Å². The fourth-order valence-corrected chi connectivity index (χ4v) is 4.96. The number of carbonyl (C=O) groups excluding carboxylic acids is 1. The summed E-state index contributed by atoms with van der Waals surface area (Å²) >= 11 is 0. The van der Waals surface area contributed by atoms with Gasteiger partial charge in [0.25, 0.3) is 0 Å². The monoisotopic (exact) mass is 365 g/mol. The highest BCUT2D eigenvalue weighted by Crippen LogP contribution is 2.26. The van der Waals surface area contributed by atoms with Gasteiger partial charge in [0, 0.05) is 38.4 Å². The van der Waals surface area contributed by atoms with Crippen molar-refractivity contribution in [2.75, 3.05) is 43.9 Å². The number of nitrogens with zero attached hydrogens (tertiary/aromatic N) is 3. The third-order valence-electron chi connectivity index (χ3n) is 5.42. The van der Waals surface area contributed by atoms with E-state index in [2.05, 4.69) is 36.9 Å². The highest BCUT2D eigenvalue weighted by molar-refractivity contribution is 7.88. The fourth-order valence-electron chi connectivity index (χ4n) is 3.84. The van der Waals surface area contributed by atoms with E-state index >= 15 is 0 Å². The summed E-state index contributed by atoms with van der Waals surface area (Å²) in [7, 11) is -3.32. The smallest absolute Gasteiger partial charge is 0.241 e. The zero-order chi connectivity index (χ0) is 18.2. The van der Waals surface area contributed by atoms with Crippen molar-refractivity contribution in [3.63, 3.8) is 0 Å². The van der Waals surface area contributed by atoms with Crippen LogP contribution < -0.4 is 4.90 Å². The molecule has 0 N–H and O–H groups in total. The summed E-state index contributed by atoms with van der Waals surface area (Å²) in [6.45, 7) is 7.53. The molecule has 3 rings (SSSR count). The lowest BCUT2D eigenvalue weighted by Gasteiger charge is -2.38. The zero-order valence-corrected chi connectivity index (χ0v) is 16.1. The molecule has 1 atom stereocenters. The molecule has 25 heavy (non-hydrogen) atoms. The Morgan fingerprint density at radius 3 is 2.40 bits per heavy atom. The Kier molecular flexibility index (Phi) is 5.06. The van der Waals surface area contributed by atoms with E-state index in [0.717, 1.165) is 19.5 Å². The molecule has 2 aliphatic rings. The highest BCUT2D eigenvalue weighted by Gasteiger charge is 2.39. The number of benzene rings is 1. The summed E-state index contributed by atoms with van der Waals surface area (Å²) in [5.41, 5.74) is 3.78. The lowest BCUT2D eigenvalue weighted by atomic mass is 10.1. The quantitative estimate of drug-likeness (QED) is 0.812. The van der Waals surface area contributed by atoms with E-state index in [-0.39, 0.29) is 5.91 Å². The lowest BCUT2D eigenvalue weighted by molar-refractivity contribution is -0.134. The lowest BCUT2D eigenvalue weighted by Crippen LogP contribution is -2.54. The van der Waals surface area contributed by atoms with Gasteiger partial charge in [-0.2, -0.15) is 4.31 Å². The van der Waals surface area contributed by atoms with Crippen LogP contribution in [-0.2, 0) is 14.8 Å². The Morgan fingerprint density at radius 2 is 1.76 bits per heavy atom. The summed E-state index contributed by atoms with van der Waals surface area (Å²) in [5.74, 6) is -0.0384. The van der Waals surface area contributed by atoms with Crippen molar-refractivity contribution < 1.29 is 13.2 Å². The Balaban J connectivity index is 1.66. The number of anilines is 1. The van der Waals surface area contributed by atoms with Gasteiger partial charge in [0.1, 0.15) is 6.04 Å². The van der Waals surface area contributed by atoms with Crippen LogP contribution in [0.25, 0.3) is 0 Å². The average molecular weight is 365 g/mol.